The van der Waals surface area contributed by atoms with Crippen LogP contribution in [0, 0.1) is 48.7 Å². The van der Waals surface area contributed by atoms with E-state index in [1.54, 1.807) is 0 Å². The molecule has 0 spiro atoms. The lowest BCUT2D eigenvalue weighted by atomic mass is 9.57. The summed E-state index contributed by atoms with van der Waals surface area (Å²) in [6.07, 6.45) is 28.0. The van der Waals surface area contributed by atoms with Crippen molar-refractivity contribution in [1.82, 2.24) is 0 Å². The molecular formula is C54H93O3P. The summed E-state index contributed by atoms with van der Waals surface area (Å²) in [5, 5.41) is 0. The first-order chi connectivity index (χ1) is 26.3. The second-order valence-electron chi connectivity index (χ2n) is 24.8. The number of rotatable bonds is 15. The standard InChI is InChI=1S/C54H93O3P/c1-22-25-31-52(49(13,14)15)34-28-43(40(37-52)46(4,5)6)55-58(56-44-29-35-53(32-26-23-2,50(16,17)18)38-41(44)47(7,8)9)57-45-30-36-54(33-27-24-3,51(19,20)21)39-42(45)48(10,11)12/h28-30,34-36H,22-27,31-33,37-39H2,1-21H3. The van der Waals surface area contributed by atoms with Crippen LogP contribution in [-0.2, 0) is 13.6 Å². The SMILES string of the molecule is CCCCC1(C(C)(C)C)C=CC(OP(OC2=C(C(C)(C)C)CC(CCCC)(C(C)(C)C)C=C2)OC2=C(C(C)(C)C)CC(CCCC)(C(C)(C)C)C=C2)=C(C(C)(C)C)C1. The van der Waals surface area contributed by atoms with E-state index >= 15 is 0 Å². The summed E-state index contributed by atoms with van der Waals surface area (Å²) < 4.78 is 21.9. The van der Waals surface area contributed by atoms with Crippen molar-refractivity contribution in [3.8, 4) is 0 Å². The van der Waals surface area contributed by atoms with E-state index < -0.39 is 8.60 Å². The Morgan fingerprint density at radius 3 is 0.810 bits per heavy atom. The van der Waals surface area contributed by atoms with Gasteiger partial charge in [-0.05, 0) is 122 Å². The molecule has 4 heteroatoms. The van der Waals surface area contributed by atoms with Gasteiger partial charge in [-0.25, -0.2) is 0 Å². The topological polar surface area (TPSA) is 27.7 Å². The molecule has 0 N–H and O–H groups in total. The van der Waals surface area contributed by atoms with Crippen LogP contribution < -0.4 is 0 Å². The molecule has 3 rings (SSSR count). The molecule has 3 aliphatic rings. The first-order valence-corrected chi connectivity index (χ1v) is 24.5. The number of hydrogen-bond donors (Lipinski definition) is 0. The molecule has 3 aliphatic carbocycles. The van der Waals surface area contributed by atoms with Gasteiger partial charge in [0.2, 0.25) is 0 Å². The normalized spacial score (nSPS) is 25.8. The van der Waals surface area contributed by atoms with Gasteiger partial charge in [0.25, 0.3) is 0 Å². The Kier molecular flexibility index (Phi) is 16.0. The van der Waals surface area contributed by atoms with Gasteiger partial charge in [0, 0.05) is 0 Å². The lowest BCUT2D eigenvalue weighted by Crippen LogP contribution is -2.38. The van der Waals surface area contributed by atoms with Gasteiger partial charge in [-0.2, -0.15) is 0 Å². The fourth-order valence-electron chi connectivity index (χ4n) is 9.51. The zero-order valence-electron chi connectivity index (χ0n) is 42.1. The highest BCUT2D eigenvalue weighted by Gasteiger charge is 2.48. The van der Waals surface area contributed by atoms with Crippen LogP contribution in [0.15, 0.2) is 70.5 Å². The molecular weight excluding hydrogens is 728 g/mol. The molecule has 3 unspecified atom stereocenters. The van der Waals surface area contributed by atoms with Crippen LogP contribution in [0.4, 0.5) is 0 Å². The first kappa shape index (κ1) is 50.6. The van der Waals surface area contributed by atoms with E-state index in [2.05, 4.69) is 182 Å². The van der Waals surface area contributed by atoms with Crippen LogP contribution in [-0.4, -0.2) is 0 Å². The lowest BCUT2D eigenvalue weighted by molar-refractivity contribution is 0.111. The predicted molar refractivity (Wildman–Crippen MR) is 255 cm³/mol. The second-order valence-corrected chi connectivity index (χ2v) is 25.8. The highest BCUT2D eigenvalue weighted by Crippen LogP contribution is 2.61. The van der Waals surface area contributed by atoms with Gasteiger partial charge >= 0.3 is 8.60 Å². The molecule has 0 aromatic rings. The summed E-state index contributed by atoms with van der Waals surface area (Å²) in [4.78, 5) is 0. The van der Waals surface area contributed by atoms with Gasteiger partial charge in [-0.1, -0.05) is 202 Å². The molecule has 0 saturated heterocycles. The van der Waals surface area contributed by atoms with Crippen LogP contribution in [0.2, 0.25) is 0 Å². The van der Waals surface area contributed by atoms with Gasteiger partial charge in [0.15, 0.2) is 0 Å². The zero-order valence-corrected chi connectivity index (χ0v) is 43.0. The van der Waals surface area contributed by atoms with E-state index in [0.29, 0.717) is 0 Å². The van der Waals surface area contributed by atoms with Crippen molar-refractivity contribution in [3.05, 3.63) is 70.5 Å². The molecule has 0 aliphatic heterocycles. The maximum absolute atomic E-state index is 7.31. The Labute approximate surface area is 362 Å². The second kappa shape index (κ2) is 18.3. The van der Waals surface area contributed by atoms with E-state index in [9.17, 15) is 0 Å². The van der Waals surface area contributed by atoms with Crippen LogP contribution in [0.3, 0.4) is 0 Å². The van der Waals surface area contributed by atoms with Gasteiger partial charge in [-0.3, -0.25) is 0 Å². The summed E-state index contributed by atoms with van der Waals surface area (Å²) in [6.45, 7) is 49.8. The molecule has 3 atom stereocenters. The molecule has 0 bridgehead atoms. The van der Waals surface area contributed by atoms with E-state index in [4.69, 9.17) is 13.6 Å². The van der Waals surface area contributed by atoms with Gasteiger partial charge in [-0.15, -0.1) is 0 Å². The minimum Gasteiger partial charge on any atom is -0.409 e. The number of unbranched alkanes of at least 4 members (excludes halogenated alkanes) is 3. The minimum absolute atomic E-state index is 0.0502. The predicted octanol–water partition coefficient (Wildman–Crippen LogP) is 18.7. The Bertz CT molecular complexity index is 1400. The van der Waals surface area contributed by atoms with Gasteiger partial charge < -0.3 is 13.6 Å². The number of hydrogen-bond acceptors (Lipinski definition) is 3. The Balaban J connectivity index is 2.30. The molecule has 0 heterocycles. The van der Waals surface area contributed by atoms with E-state index in [1.807, 2.05) is 0 Å². The van der Waals surface area contributed by atoms with Crippen molar-refractivity contribution in [2.45, 2.75) is 222 Å². The summed E-state index contributed by atoms with van der Waals surface area (Å²) in [6, 6.07) is 0. The molecule has 0 aromatic carbocycles. The zero-order chi connectivity index (χ0) is 44.4. The van der Waals surface area contributed by atoms with Crippen LogP contribution >= 0.6 is 8.60 Å². The van der Waals surface area contributed by atoms with E-state index in [1.165, 1.54) is 74.5 Å². The van der Waals surface area contributed by atoms with Crippen molar-refractivity contribution in [2.24, 2.45) is 48.7 Å². The van der Waals surface area contributed by atoms with Gasteiger partial charge in [0.05, 0.1) is 0 Å². The third-order valence-corrected chi connectivity index (χ3v) is 15.7. The molecule has 0 radical (unpaired) electrons. The summed E-state index contributed by atoms with van der Waals surface area (Å²) >= 11 is 0. The van der Waals surface area contributed by atoms with Crippen LogP contribution in [0.25, 0.3) is 0 Å². The molecule has 0 aromatic heterocycles. The molecule has 0 amide bonds. The smallest absolute Gasteiger partial charge is 0.409 e. The quantitative estimate of drug-likeness (QED) is 0.154. The number of allylic oxidation sites excluding steroid dienone is 9. The van der Waals surface area contributed by atoms with Crippen molar-refractivity contribution in [2.75, 3.05) is 0 Å². The molecule has 58 heavy (non-hydrogen) atoms. The van der Waals surface area contributed by atoms with Gasteiger partial charge in [0.1, 0.15) is 17.3 Å². The highest BCUT2D eigenvalue weighted by molar-refractivity contribution is 7.42. The highest BCUT2D eigenvalue weighted by atomic mass is 31.2. The third kappa shape index (κ3) is 11.6. The fraction of sp³-hybridized carbons (Fsp3) is 0.778. The Hall–Kier alpha value is -1.73. The van der Waals surface area contributed by atoms with Crippen molar-refractivity contribution < 1.29 is 13.6 Å². The third-order valence-electron chi connectivity index (χ3n) is 14.7. The van der Waals surface area contributed by atoms with Crippen molar-refractivity contribution >= 4 is 8.60 Å². The monoisotopic (exact) mass is 821 g/mol. The molecule has 0 saturated carbocycles. The fourth-order valence-corrected chi connectivity index (χ4v) is 10.6. The largest absolute Gasteiger partial charge is 0.530 e. The minimum atomic E-state index is -1.89. The maximum atomic E-state index is 7.31. The van der Waals surface area contributed by atoms with Crippen molar-refractivity contribution in [1.29, 1.82) is 0 Å². The molecule has 0 fully saturated rings. The average molecular weight is 821 g/mol. The van der Waals surface area contributed by atoms with E-state index in [-0.39, 0.29) is 48.7 Å². The summed E-state index contributed by atoms with van der Waals surface area (Å²) in [5.74, 6) is 2.76. The van der Waals surface area contributed by atoms with Crippen LogP contribution in [0.5, 0.6) is 0 Å². The summed E-state index contributed by atoms with van der Waals surface area (Å²) in [5.41, 5.74) is 4.23. The van der Waals surface area contributed by atoms with E-state index in [0.717, 1.165) is 36.5 Å². The average Bonchev–Trinajstić information content (AvgIpc) is 3.07. The van der Waals surface area contributed by atoms with Crippen molar-refractivity contribution in [3.63, 3.8) is 0 Å². The summed E-state index contributed by atoms with van der Waals surface area (Å²) in [7, 11) is -1.89. The molecule has 3 nitrogen and oxygen atoms in total. The first-order valence-electron chi connectivity index (χ1n) is 23.4. The maximum Gasteiger partial charge on any atom is 0.530 e. The Morgan fingerprint density at radius 2 is 0.638 bits per heavy atom. The lowest BCUT2D eigenvalue weighted by Gasteiger charge is -2.48. The Morgan fingerprint density at radius 1 is 0.414 bits per heavy atom. The van der Waals surface area contributed by atoms with Crippen LogP contribution in [0.1, 0.15) is 222 Å². The molecule has 332 valence electrons.